The molecule has 17 heavy (non-hydrogen) atoms. The summed E-state index contributed by atoms with van der Waals surface area (Å²) < 4.78 is 5.89. The molecule has 2 rings (SSSR count). The lowest BCUT2D eigenvalue weighted by atomic mass is 10.2. The molecule has 2 aliphatic heterocycles. The zero-order valence-electron chi connectivity index (χ0n) is 11.5. The van der Waals surface area contributed by atoms with Gasteiger partial charge in [0.05, 0.1) is 12.7 Å². The van der Waals surface area contributed by atoms with E-state index in [0.29, 0.717) is 18.2 Å². The SMILES string of the molecule is CC(C)N1CCOC(CN2CCN[C@H](C)C2)C1. The summed E-state index contributed by atoms with van der Waals surface area (Å²) in [5.74, 6) is 0. The minimum atomic E-state index is 0.399. The molecular weight excluding hydrogens is 214 g/mol. The number of hydrogen-bond donors (Lipinski definition) is 1. The van der Waals surface area contributed by atoms with Gasteiger partial charge in [0.15, 0.2) is 0 Å². The van der Waals surface area contributed by atoms with E-state index in [1.165, 1.54) is 0 Å². The minimum absolute atomic E-state index is 0.399. The second kappa shape index (κ2) is 6.14. The maximum absolute atomic E-state index is 5.89. The van der Waals surface area contributed by atoms with Crippen molar-refractivity contribution in [2.24, 2.45) is 0 Å². The van der Waals surface area contributed by atoms with Crippen molar-refractivity contribution in [3.8, 4) is 0 Å². The van der Waals surface area contributed by atoms with E-state index in [4.69, 9.17) is 4.74 Å². The number of nitrogens with zero attached hydrogens (tertiary/aromatic N) is 2. The Balaban J connectivity index is 1.78. The highest BCUT2D eigenvalue weighted by atomic mass is 16.5. The first-order valence-corrected chi connectivity index (χ1v) is 6.96. The van der Waals surface area contributed by atoms with Crippen LogP contribution in [-0.2, 0) is 4.74 Å². The highest BCUT2D eigenvalue weighted by Gasteiger charge is 2.25. The third-order valence-corrected chi connectivity index (χ3v) is 3.82. The summed E-state index contributed by atoms with van der Waals surface area (Å²) in [4.78, 5) is 5.06. The molecule has 0 bridgehead atoms. The molecule has 2 atom stereocenters. The minimum Gasteiger partial charge on any atom is -0.374 e. The predicted octanol–water partition coefficient (Wildman–Crippen LogP) is 0.389. The Kier molecular flexibility index (Phi) is 4.79. The molecule has 0 radical (unpaired) electrons. The van der Waals surface area contributed by atoms with Crippen LogP contribution in [0.5, 0.6) is 0 Å². The first-order chi connectivity index (χ1) is 8.15. The summed E-state index contributed by atoms with van der Waals surface area (Å²) in [7, 11) is 0. The zero-order valence-corrected chi connectivity index (χ0v) is 11.5. The predicted molar refractivity (Wildman–Crippen MR) is 70.4 cm³/mol. The average molecular weight is 241 g/mol. The third kappa shape index (κ3) is 3.91. The van der Waals surface area contributed by atoms with Crippen LogP contribution in [0.3, 0.4) is 0 Å². The number of rotatable bonds is 3. The summed E-state index contributed by atoms with van der Waals surface area (Å²) in [6.45, 7) is 14.4. The molecule has 0 aliphatic carbocycles. The molecule has 4 nitrogen and oxygen atoms in total. The molecule has 4 heteroatoms. The molecule has 1 unspecified atom stereocenters. The largest absolute Gasteiger partial charge is 0.374 e. The van der Waals surface area contributed by atoms with E-state index in [1.807, 2.05) is 0 Å². The van der Waals surface area contributed by atoms with Crippen LogP contribution in [0.1, 0.15) is 20.8 Å². The van der Waals surface area contributed by atoms with Gasteiger partial charge in [-0.25, -0.2) is 0 Å². The highest BCUT2D eigenvalue weighted by Crippen LogP contribution is 2.11. The average Bonchev–Trinajstić information content (AvgIpc) is 2.29. The number of hydrogen-bond acceptors (Lipinski definition) is 4. The van der Waals surface area contributed by atoms with Crippen LogP contribution < -0.4 is 5.32 Å². The van der Waals surface area contributed by atoms with Gasteiger partial charge in [0.1, 0.15) is 0 Å². The lowest BCUT2D eigenvalue weighted by molar-refractivity contribution is -0.0543. The van der Waals surface area contributed by atoms with Crippen LogP contribution in [0.15, 0.2) is 0 Å². The Hall–Kier alpha value is -0.160. The summed E-state index contributed by atoms with van der Waals surface area (Å²) in [5.41, 5.74) is 0. The molecule has 2 saturated heterocycles. The number of morpholine rings is 1. The maximum atomic E-state index is 5.89. The van der Waals surface area contributed by atoms with Crippen molar-refractivity contribution in [2.75, 3.05) is 45.9 Å². The van der Waals surface area contributed by atoms with Gasteiger partial charge in [0.2, 0.25) is 0 Å². The molecule has 0 aromatic carbocycles. The standard InChI is InChI=1S/C13H27N3O/c1-11(2)16-6-7-17-13(10-16)9-15-5-4-14-12(3)8-15/h11-14H,4-10H2,1-3H3/t12-,13?/m1/s1. The first kappa shape index (κ1) is 13.3. The normalized spacial score (nSPS) is 33.2. The van der Waals surface area contributed by atoms with Crippen molar-refractivity contribution in [1.29, 1.82) is 0 Å². The molecule has 0 amide bonds. The van der Waals surface area contributed by atoms with E-state index in [-0.39, 0.29) is 0 Å². The van der Waals surface area contributed by atoms with Crippen LogP contribution in [0.4, 0.5) is 0 Å². The van der Waals surface area contributed by atoms with Gasteiger partial charge < -0.3 is 10.1 Å². The van der Waals surface area contributed by atoms with E-state index in [2.05, 4.69) is 35.9 Å². The molecule has 0 aromatic rings. The van der Waals surface area contributed by atoms with E-state index in [0.717, 1.165) is 45.9 Å². The molecule has 0 saturated carbocycles. The summed E-state index contributed by atoms with van der Waals surface area (Å²) in [5, 5.41) is 3.48. The molecule has 100 valence electrons. The summed E-state index contributed by atoms with van der Waals surface area (Å²) >= 11 is 0. The number of ether oxygens (including phenoxy) is 1. The fraction of sp³-hybridized carbons (Fsp3) is 1.00. The van der Waals surface area contributed by atoms with Crippen LogP contribution in [-0.4, -0.2) is 73.9 Å². The van der Waals surface area contributed by atoms with E-state index in [1.54, 1.807) is 0 Å². The van der Waals surface area contributed by atoms with Gasteiger partial charge >= 0.3 is 0 Å². The molecule has 0 spiro atoms. The molecule has 2 aliphatic rings. The third-order valence-electron chi connectivity index (χ3n) is 3.82. The highest BCUT2D eigenvalue weighted by molar-refractivity contribution is 4.81. The summed E-state index contributed by atoms with van der Waals surface area (Å²) in [6, 6.07) is 1.26. The molecule has 1 N–H and O–H groups in total. The lowest BCUT2D eigenvalue weighted by Crippen LogP contribution is -2.54. The quantitative estimate of drug-likeness (QED) is 0.773. The van der Waals surface area contributed by atoms with Crippen LogP contribution in [0, 0.1) is 0 Å². The molecule has 2 fully saturated rings. The second-order valence-electron chi connectivity index (χ2n) is 5.70. The van der Waals surface area contributed by atoms with Crippen molar-refractivity contribution in [3.63, 3.8) is 0 Å². The molecular formula is C13H27N3O. The number of piperazine rings is 1. The Labute approximate surface area is 105 Å². The van der Waals surface area contributed by atoms with Gasteiger partial charge in [-0.1, -0.05) is 0 Å². The fourth-order valence-corrected chi connectivity index (χ4v) is 2.79. The van der Waals surface area contributed by atoms with E-state index in [9.17, 15) is 0 Å². The molecule has 2 heterocycles. The maximum Gasteiger partial charge on any atom is 0.0829 e. The summed E-state index contributed by atoms with van der Waals surface area (Å²) in [6.07, 6.45) is 0.399. The van der Waals surface area contributed by atoms with Gasteiger partial charge in [-0.15, -0.1) is 0 Å². The number of nitrogens with one attached hydrogen (secondary N) is 1. The van der Waals surface area contributed by atoms with Gasteiger partial charge in [-0.05, 0) is 20.8 Å². The van der Waals surface area contributed by atoms with Crippen molar-refractivity contribution in [1.82, 2.24) is 15.1 Å². The topological polar surface area (TPSA) is 27.7 Å². The lowest BCUT2D eigenvalue weighted by Gasteiger charge is -2.39. The van der Waals surface area contributed by atoms with Crippen molar-refractivity contribution < 1.29 is 4.74 Å². The monoisotopic (exact) mass is 241 g/mol. The smallest absolute Gasteiger partial charge is 0.0829 e. The Bertz CT molecular complexity index is 235. The Morgan fingerprint density at radius 1 is 1.29 bits per heavy atom. The van der Waals surface area contributed by atoms with Crippen molar-refractivity contribution in [2.45, 2.75) is 39.0 Å². The van der Waals surface area contributed by atoms with Gasteiger partial charge in [0, 0.05) is 51.4 Å². The van der Waals surface area contributed by atoms with Gasteiger partial charge in [-0.2, -0.15) is 0 Å². The molecule has 0 aromatic heterocycles. The van der Waals surface area contributed by atoms with Crippen LogP contribution >= 0.6 is 0 Å². The van der Waals surface area contributed by atoms with Crippen molar-refractivity contribution in [3.05, 3.63) is 0 Å². The first-order valence-electron chi connectivity index (χ1n) is 6.96. The zero-order chi connectivity index (χ0) is 12.3. The Morgan fingerprint density at radius 2 is 2.12 bits per heavy atom. The van der Waals surface area contributed by atoms with Gasteiger partial charge in [-0.3, -0.25) is 9.80 Å². The van der Waals surface area contributed by atoms with Crippen LogP contribution in [0.2, 0.25) is 0 Å². The van der Waals surface area contributed by atoms with Crippen molar-refractivity contribution >= 4 is 0 Å². The Morgan fingerprint density at radius 3 is 2.82 bits per heavy atom. The fourth-order valence-electron chi connectivity index (χ4n) is 2.79. The van der Waals surface area contributed by atoms with Crippen LogP contribution in [0.25, 0.3) is 0 Å². The second-order valence-corrected chi connectivity index (χ2v) is 5.70. The van der Waals surface area contributed by atoms with E-state index < -0.39 is 0 Å². The van der Waals surface area contributed by atoms with Gasteiger partial charge in [0.25, 0.3) is 0 Å². The van der Waals surface area contributed by atoms with E-state index >= 15 is 0 Å².